The Hall–Kier alpha value is -1.99. The maximum atomic E-state index is 14.0. The predicted octanol–water partition coefficient (Wildman–Crippen LogP) is 6.26. The van der Waals surface area contributed by atoms with Crippen molar-refractivity contribution < 1.29 is 13.6 Å². The second-order valence-electron chi connectivity index (χ2n) is 9.56. The maximum absolute atomic E-state index is 14.0. The van der Waals surface area contributed by atoms with Gasteiger partial charge in [-0.2, -0.15) is 8.78 Å². The van der Waals surface area contributed by atoms with Gasteiger partial charge >= 0.3 is 0 Å². The monoisotopic (exact) mass is 489 g/mol. The average molecular weight is 490 g/mol. The number of hydrogen-bond acceptors (Lipinski definition) is 4. The second kappa shape index (κ2) is 11.2. The number of carbonyl (C=O) groups is 1. The molecule has 1 saturated heterocycles. The van der Waals surface area contributed by atoms with Crippen LogP contribution in [0.5, 0.6) is 0 Å². The molecule has 2 aliphatic rings. The van der Waals surface area contributed by atoms with Crippen LogP contribution in [0.2, 0.25) is 0 Å². The molecule has 1 aliphatic heterocycles. The molecule has 0 unspecified atom stereocenters. The molecular weight excluding hydrogens is 452 g/mol. The lowest BCUT2D eigenvalue weighted by Gasteiger charge is -2.36. The SMILES string of the molecule is C=CC(F)(F)c1ccc2c(N3CCN(CCCC(=O)N(CC)C4CCCCC4)CC3)csc2c1. The summed E-state index contributed by atoms with van der Waals surface area (Å²) in [6.45, 7) is 10.9. The van der Waals surface area contributed by atoms with E-state index in [0.29, 0.717) is 24.4 Å². The van der Waals surface area contributed by atoms with Gasteiger partial charge in [-0.25, -0.2) is 0 Å². The molecule has 0 N–H and O–H groups in total. The number of halogens is 2. The molecule has 0 spiro atoms. The van der Waals surface area contributed by atoms with Gasteiger partial charge < -0.3 is 9.80 Å². The summed E-state index contributed by atoms with van der Waals surface area (Å²) >= 11 is 1.52. The first kappa shape index (κ1) is 25.1. The molecule has 2 aromatic rings. The first-order valence-corrected chi connectivity index (χ1v) is 13.6. The van der Waals surface area contributed by atoms with E-state index in [9.17, 15) is 13.6 Å². The lowest BCUT2D eigenvalue weighted by Crippen LogP contribution is -2.47. The molecule has 34 heavy (non-hydrogen) atoms. The van der Waals surface area contributed by atoms with Gasteiger partial charge in [0.05, 0.1) is 5.69 Å². The summed E-state index contributed by atoms with van der Waals surface area (Å²) in [5, 5.41) is 3.12. The summed E-state index contributed by atoms with van der Waals surface area (Å²) in [5.41, 5.74) is 1.13. The van der Waals surface area contributed by atoms with E-state index in [0.717, 1.165) is 74.3 Å². The number of rotatable bonds is 9. The average Bonchev–Trinajstić information content (AvgIpc) is 3.29. The van der Waals surface area contributed by atoms with Crippen LogP contribution < -0.4 is 4.90 Å². The fraction of sp³-hybridized carbons (Fsp3) is 0.593. The van der Waals surface area contributed by atoms with E-state index in [4.69, 9.17) is 0 Å². The highest BCUT2D eigenvalue weighted by molar-refractivity contribution is 7.17. The van der Waals surface area contributed by atoms with Crippen LogP contribution in [0.1, 0.15) is 57.4 Å². The van der Waals surface area contributed by atoms with E-state index < -0.39 is 5.92 Å². The Labute approximate surface area is 206 Å². The molecule has 186 valence electrons. The molecule has 2 fully saturated rings. The lowest BCUT2D eigenvalue weighted by molar-refractivity contribution is -0.134. The van der Waals surface area contributed by atoms with Gasteiger partial charge in [-0.15, -0.1) is 11.3 Å². The first-order valence-electron chi connectivity index (χ1n) is 12.7. The fourth-order valence-electron chi connectivity index (χ4n) is 5.43. The third kappa shape index (κ3) is 5.62. The number of thiophene rings is 1. The van der Waals surface area contributed by atoms with Gasteiger partial charge in [-0.3, -0.25) is 9.69 Å². The minimum absolute atomic E-state index is 0.00658. The third-order valence-electron chi connectivity index (χ3n) is 7.45. The Balaban J connectivity index is 1.26. The van der Waals surface area contributed by atoms with Gasteiger partial charge in [-0.1, -0.05) is 38.0 Å². The highest BCUT2D eigenvalue weighted by Crippen LogP contribution is 2.38. The van der Waals surface area contributed by atoms with Crippen molar-refractivity contribution in [1.29, 1.82) is 0 Å². The quantitative estimate of drug-likeness (QED) is 0.389. The molecule has 2 heterocycles. The van der Waals surface area contributed by atoms with E-state index in [-0.39, 0.29) is 5.56 Å². The standard InChI is InChI=1S/C27H37F2N3OS/c1-3-27(28,29)21-12-13-23-24(20-34-25(23)19-21)31-17-15-30(16-18-31)14-8-11-26(33)32(4-2)22-9-6-5-7-10-22/h3,12-13,19-20,22H,1,4-11,14-18H2,2H3. The van der Waals surface area contributed by atoms with Crippen LogP contribution >= 0.6 is 11.3 Å². The van der Waals surface area contributed by atoms with Crippen molar-refractivity contribution in [3.63, 3.8) is 0 Å². The van der Waals surface area contributed by atoms with Crippen LogP contribution in [0.3, 0.4) is 0 Å². The van der Waals surface area contributed by atoms with Crippen molar-refractivity contribution >= 4 is 33.0 Å². The third-order valence-corrected chi connectivity index (χ3v) is 8.38. The number of piperazine rings is 1. The summed E-state index contributed by atoms with van der Waals surface area (Å²) in [6, 6.07) is 5.37. The molecule has 1 aromatic carbocycles. The van der Waals surface area contributed by atoms with Gasteiger partial charge in [0.2, 0.25) is 5.91 Å². The molecule has 1 aliphatic carbocycles. The van der Waals surface area contributed by atoms with E-state index in [1.807, 2.05) is 6.07 Å². The Morgan fingerprint density at radius 3 is 2.62 bits per heavy atom. The minimum atomic E-state index is -3.00. The minimum Gasteiger partial charge on any atom is -0.368 e. The Kier molecular flexibility index (Phi) is 8.25. The molecule has 7 heteroatoms. The van der Waals surface area contributed by atoms with E-state index >= 15 is 0 Å². The molecule has 1 amide bonds. The van der Waals surface area contributed by atoms with Crippen LogP contribution in [-0.2, 0) is 10.7 Å². The predicted molar refractivity (Wildman–Crippen MR) is 138 cm³/mol. The first-order chi connectivity index (χ1) is 16.4. The van der Waals surface area contributed by atoms with Crippen LogP contribution in [-0.4, -0.2) is 61.0 Å². The number of carbonyl (C=O) groups excluding carboxylic acids is 1. The van der Waals surface area contributed by atoms with Gasteiger partial charge in [-0.05, 0) is 44.9 Å². The van der Waals surface area contributed by atoms with Crippen molar-refractivity contribution in [2.75, 3.05) is 44.2 Å². The number of amides is 1. The van der Waals surface area contributed by atoms with E-state index in [1.165, 1.54) is 36.7 Å². The van der Waals surface area contributed by atoms with Crippen LogP contribution in [0.15, 0.2) is 36.2 Å². The Morgan fingerprint density at radius 1 is 1.21 bits per heavy atom. The van der Waals surface area contributed by atoms with Crippen molar-refractivity contribution in [2.24, 2.45) is 0 Å². The van der Waals surface area contributed by atoms with Crippen molar-refractivity contribution in [2.45, 2.75) is 63.8 Å². The van der Waals surface area contributed by atoms with Crippen molar-refractivity contribution in [3.8, 4) is 0 Å². The number of hydrogen-bond donors (Lipinski definition) is 0. The van der Waals surface area contributed by atoms with Crippen LogP contribution in [0.4, 0.5) is 14.5 Å². The van der Waals surface area contributed by atoms with Crippen molar-refractivity contribution in [3.05, 3.63) is 41.8 Å². The molecule has 1 aromatic heterocycles. The molecular formula is C27H37F2N3OS. The maximum Gasteiger partial charge on any atom is 0.291 e. The van der Waals surface area contributed by atoms with Gasteiger partial charge in [0, 0.05) is 66.2 Å². The zero-order chi connectivity index (χ0) is 24.1. The number of allylic oxidation sites excluding steroid dienone is 1. The summed E-state index contributed by atoms with van der Waals surface area (Å²) in [7, 11) is 0. The summed E-state index contributed by atoms with van der Waals surface area (Å²) in [5.74, 6) is -2.69. The lowest BCUT2D eigenvalue weighted by atomic mass is 9.94. The Morgan fingerprint density at radius 2 is 1.94 bits per heavy atom. The zero-order valence-electron chi connectivity index (χ0n) is 20.3. The smallest absolute Gasteiger partial charge is 0.291 e. The van der Waals surface area contributed by atoms with Gasteiger partial charge in [0.25, 0.3) is 5.92 Å². The second-order valence-corrected chi connectivity index (χ2v) is 10.5. The molecule has 1 saturated carbocycles. The highest BCUT2D eigenvalue weighted by atomic mass is 32.1. The van der Waals surface area contributed by atoms with Gasteiger partial charge in [0.1, 0.15) is 0 Å². The summed E-state index contributed by atoms with van der Waals surface area (Å²) < 4.78 is 28.8. The van der Waals surface area contributed by atoms with E-state index in [1.54, 1.807) is 6.07 Å². The van der Waals surface area contributed by atoms with Crippen molar-refractivity contribution in [1.82, 2.24) is 9.80 Å². The normalized spacial score (nSPS) is 18.4. The summed E-state index contributed by atoms with van der Waals surface area (Å²) in [6.07, 6.45) is 8.38. The molecule has 0 radical (unpaired) electrons. The van der Waals surface area contributed by atoms with E-state index in [2.05, 4.69) is 33.6 Å². The number of fused-ring (bicyclic) bond motifs is 1. The highest BCUT2D eigenvalue weighted by Gasteiger charge is 2.28. The number of anilines is 1. The summed E-state index contributed by atoms with van der Waals surface area (Å²) in [4.78, 5) is 19.7. The van der Waals surface area contributed by atoms with Crippen LogP contribution in [0, 0.1) is 0 Å². The molecule has 0 bridgehead atoms. The largest absolute Gasteiger partial charge is 0.368 e. The topological polar surface area (TPSA) is 26.8 Å². The molecule has 0 atom stereocenters. The van der Waals surface area contributed by atoms with Crippen LogP contribution in [0.25, 0.3) is 10.1 Å². The number of benzene rings is 1. The zero-order valence-corrected chi connectivity index (χ0v) is 21.1. The molecule has 4 nitrogen and oxygen atoms in total. The number of nitrogens with zero attached hydrogens (tertiary/aromatic N) is 3. The fourth-order valence-corrected chi connectivity index (χ4v) is 6.43. The molecule has 4 rings (SSSR count). The van der Waals surface area contributed by atoms with Gasteiger partial charge in [0.15, 0.2) is 0 Å². The Bertz CT molecular complexity index is 977. The number of alkyl halides is 2.